The Morgan fingerprint density at radius 2 is 1.97 bits per heavy atom. The minimum Gasteiger partial charge on any atom is -0.493 e. The summed E-state index contributed by atoms with van der Waals surface area (Å²) in [6.07, 6.45) is 1.86. The van der Waals surface area contributed by atoms with Crippen molar-refractivity contribution in [2.45, 2.75) is 20.8 Å². The van der Waals surface area contributed by atoms with Gasteiger partial charge in [-0.3, -0.25) is 14.0 Å². The quantitative estimate of drug-likeness (QED) is 0.372. The number of aromatic nitrogens is 2. The molecular weight excluding hydrogens is 466 g/mol. The van der Waals surface area contributed by atoms with E-state index in [9.17, 15) is 9.59 Å². The highest BCUT2D eigenvalue weighted by Gasteiger charge is 2.19. The van der Waals surface area contributed by atoms with Crippen LogP contribution in [0.5, 0.6) is 11.5 Å². The number of halogens is 1. The molecule has 0 aliphatic rings. The van der Waals surface area contributed by atoms with Gasteiger partial charge in [-0.1, -0.05) is 13.8 Å². The number of esters is 2. The molecule has 0 radical (unpaired) electrons. The summed E-state index contributed by atoms with van der Waals surface area (Å²) in [5, 5.41) is 3.12. The highest BCUT2D eigenvalue weighted by atomic mass is 79.9. The zero-order valence-electron chi connectivity index (χ0n) is 17.8. The normalized spacial score (nSPS) is 10.9. The van der Waals surface area contributed by atoms with Gasteiger partial charge in [0.05, 0.1) is 19.6 Å². The van der Waals surface area contributed by atoms with Crippen molar-refractivity contribution in [1.82, 2.24) is 9.38 Å². The monoisotopic (exact) mass is 489 g/mol. The van der Waals surface area contributed by atoms with Gasteiger partial charge in [-0.15, -0.1) is 0 Å². The molecule has 0 aliphatic heterocycles. The van der Waals surface area contributed by atoms with Crippen LogP contribution in [0.2, 0.25) is 0 Å². The molecule has 0 saturated heterocycles. The smallest absolute Gasteiger partial charge is 0.325 e. The third kappa shape index (κ3) is 5.16. The molecule has 0 fully saturated rings. The van der Waals surface area contributed by atoms with Gasteiger partial charge in [0.2, 0.25) is 0 Å². The predicted molar refractivity (Wildman–Crippen MR) is 120 cm³/mol. The van der Waals surface area contributed by atoms with E-state index in [0.717, 1.165) is 10.0 Å². The van der Waals surface area contributed by atoms with Crippen LogP contribution in [0, 0.1) is 5.92 Å². The fourth-order valence-electron chi connectivity index (χ4n) is 2.88. The molecule has 0 atom stereocenters. The molecule has 0 spiro atoms. The Bertz CT molecular complexity index is 1110. The number of imidazole rings is 1. The first-order valence-corrected chi connectivity index (χ1v) is 10.6. The lowest BCUT2D eigenvalue weighted by atomic mass is 10.1. The lowest BCUT2D eigenvalue weighted by Crippen LogP contribution is -2.18. The van der Waals surface area contributed by atoms with E-state index < -0.39 is 0 Å². The highest BCUT2D eigenvalue weighted by molar-refractivity contribution is 9.10. The number of hydrogen-bond donors (Lipinski definition) is 1. The number of carbonyl (C=O) groups excluding carboxylic acids is 2. The van der Waals surface area contributed by atoms with Crippen molar-refractivity contribution in [2.75, 3.05) is 25.6 Å². The molecule has 31 heavy (non-hydrogen) atoms. The summed E-state index contributed by atoms with van der Waals surface area (Å²) < 4.78 is 18.6. The maximum atomic E-state index is 12.0. The van der Waals surface area contributed by atoms with Crippen molar-refractivity contribution in [2.24, 2.45) is 5.92 Å². The van der Waals surface area contributed by atoms with Crippen LogP contribution >= 0.6 is 15.9 Å². The Morgan fingerprint density at radius 1 is 1.19 bits per heavy atom. The summed E-state index contributed by atoms with van der Waals surface area (Å²) in [6.45, 7) is 5.58. The Morgan fingerprint density at radius 3 is 2.65 bits per heavy atom. The lowest BCUT2D eigenvalue weighted by molar-refractivity contribution is -0.141. The molecule has 2 aromatic heterocycles. The third-order valence-corrected chi connectivity index (χ3v) is 4.88. The maximum absolute atomic E-state index is 12.0. The fraction of sp³-hybridized carbons (Fsp3) is 0.318. The molecule has 3 rings (SSSR count). The van der Waals surface area contributed by atoms with Gasteiger partial charge in [0.1, 0.15) is 23.7 Å². The highest BCUT2D eigenvalue weighted by Crippen LogP contribution is 2.36. The van der Waals surface area contributed by atoms with E-state index in [1.54, 1.807) is 39.0 Å². The first-order valence-electron chi connectivity index (χ1n) is 9.81. The van der Waals surface area contributed by atoms with E-state index >= 15 is 0 Å². The van der Waals surface area contributed by atoms with Gasteiger partial charge in [-0.05, 0) is 53.2 Å². The average Bonchev–Trinajstić information content (AvgIpc) is 3.10. The number of carbonyl (C=O) groups is 2. The van der Waals surface area contributed by atoms with Gasteiger partial charge >= 0.3 is 11.9 Å². The number of nitrogens with one attached hydrogen (secondary N) is 1. The van der Waals surface area contributed by atoms with Gasteiger partial charge < -0.3 is 19.5 Å². The zero-order valence-corrected chi connectivity index (χ0v) is 19.4. The molecule has 0 saturated carbocycles. The number of hydrogen-bond acceptors (Lipinski definition) is 7. The number of nitrogens with zero attached hydrogens (tertiary/aromatic N) is 2. The number of pyridine rings is 1. The minimum absolute atomic E-state index is 0.0115. The van der Waals surface area contributed by atoms with Gasteiger partial charge in [0.15, 0.2) is 11.5 Å². The van der Waals surface area contributed by atoms with Crippen LogP contribution in [-0.4, -0.2) is 41.6 Å². The molecule has 0 amide bonds. The van der Waals surface area contributed by atoms with Crippen molar-refractivity contribution in [3.8, 4) is 22.8 Å². The second-order valence-corrected chi connectivity index (χ2v) is 7.90. The summed E-state index contributed by atoms with van der Waals surface area (Å²) in [5.41, 5.74) is 2.04. The molecule has 9 heteroatoms. The Kier molecular flexibility index (Phi) is 7.17. The Hall–Kier alpha value is -3.07. The van der Waals surface area contributed by atoms with E-state index in [0.29, 0.717) is 35.3 Å². The largest absolute Gasteiger partial charge is 0.493 e. The number of anilines is 1. The molecule has 8 nitrogen and oxygen atoms in total. The molecule has 2 heterocycles. The van der Waals surface area contributed by atoms with Gasteiger partial charge in [0.25, 0.3) is 0 Å². The van der Waals surface area contributed by atoms with E-state index in [1.165, 1.54) is 7.11 Å². The predicted octanol–water partition coefficient (Wildman–Crippen LogP) is 4.31. The van der Waals surface area contributed by atoms with Gasteiger partial charge in [-0.25, -0.2) is 4.98 Å². The van der Waals surface area contributed by atoms with Crippen LogP contribution in [0.1, 0.15) is 20.8 Å². The topological polar surface area (TPSA) is 91.2 Å². The van der Waals surface area contributed by atoms with E-state index in [1.807, 2.05) is 22.7 Å². The maximum Gasteiger partial charge on any atom is 0.325 e. The molecule has 0 unspecified atom stereocenters. The number of fused-ring (bicyclic) bond motifs is 1. The van der Waals surface area contributed by atoms with E-state index in [-0.39, 0.29) is 24.4 Å². The van der Waals surface area contributed by atoms with Crippen molar-refractivity contribution in [3.63, 3.8) is 0 Å². The Balaban J connectivity index is 2.03. The zero-order chi connectivity index (χ0) is 22.5. The summed E-state index contributed by atoms with van der Waals surface area (Å²) in [7, 11) is 1.51. The van der Waals surface area contributed by atoms with Crippen LogP contribution in [0.25, 0.3) is 16.9 Å². The summed E-state index contributed by atoms with van der Waals surface area (Å²) in [4.78, 5) is 28.6. The fourth-order valence-corrected chi connectivity index (χ4v) is 3.22. The Labute approximate surface area is 188 Å². The second-order valence-electron chi connectivity index (χ2n) is 6.98. The van der Waals surface area contributed by atoms with Crippen LogP contribution in [-0.2, 0) is 14.3 Å². The first kappa shape index (κ1) is 22.6. The molecule has 3 aromatic rings. The minimum atomic E-state index is -0.369. The van der Waals surface area contributed by atoms with Crippen molar-refractivity contribution >= 4 is 39.3 Å². The number of ether oxygens (including phenoxy) is 3. The van der Waals surface area contributed by atoms with E-state index in [2.05, 4.69) is 21.2 Å². The number of benzene rings is 1. The second kappa shape index (κ2) is 9.82. The number of rotatable bonds is 8. The van der Waals surface area contributed by atoms with Crippen molar-refractivity contribution < 1.29 is 23.8 Å². The molecular formula is C22H24BrN3O5. The van der Waals surface area contributed by atoms with Crippen molar-refractivity contribution in [1.29, 1.82) is 0 Å². The van der Waals surface area contributed by atoms with Crippen LogP contribution in [0.4, 0.5) is 5.82 Å². The first-order chi connectivity index (χ1) is 14.8. The summed E-state index contributed by atoms with van der Waals surface area (Å²) >= 11 is 3.47. The van der Waals surface area contributed by atoms with Crippen molar-refractivity contribution in [3.05, 3.63) is 41.0 Å². The summed E-state index contributed by atoms with van der Waals surface area (Å²) in [5.74, 6) is 0.379. The number of methoxy groups -OCH3 is 1. The molecule has 1 aromatic carbocycles. The molecule has 0 bridgehead atoms. The van der Waals surface area contributed by atoms with Crippen LogP contribution < -0.4 is 14.8 Å². The van der Waals surface area contributed by atoms with Gasteiger partial charge in [0, 0.05) is 16.2 Å². The van der Waals surface area contributed by atoms with Crippen LogP contribution in [0.15, 0.2) is 41.0 Å². The molecule has 0 aliphatic carbocycles. The SMILES string of the molecule is CCOC(=O)CNc1c(-c2ccc(OC(=O)C(C)C)c(OC)c2)nc2ccc(Br)cn12. The molecule has 1 N–H and O–H groups in total. The van der Waals surface area contributed by atoms with Gasteiger partial charge in [-0.2, -0.15) is 0 Å². The summed E-state index contributed by atoms with van der Waals surface area (Å²) in [6, 6.07) is 8.95. The average molecular weight is 490 g/mol. The third-order valence-electron chi connectivity index (χ3n) is 4.41. The lowest BCUT2D eigenvalue weighted by Gasteiger charge is -2.13. The standard InChI is InChI=1S/C22H24BrN3O5/c1-5-30-19(27)11-24-21-20(25-18-9-7-15(23)12-26(18)21)14-6-8-16(17(10-14)29-4)31-22(28)13(2)3/h6-10,12-13,24H,5,11H2,1-4H3. The molecule has 164 valence electrons. The van der Waals surface area contributed by atoms with Crippen LogP contribution in [0.3, 0.4) is 0 Å². The van der Waals surface area contributed by atoms with E-state index in [4.69, 9.17) is 19.2 Å².